The molecule has 0 saturated carbocycles. The second-order valence-corrected chi connectivity index (χ2v) is 5.15. The highest BCUT2D eigenvalue weighted by Gasteiger charge is 2.24. The quantitative estimate of drug-likeness (QED) is 0.586. The van der Waals surface area contributed by atoms with E-state index in [-0.39, 0.29) is 5.78 Å². The maximum atomic E-state index is 11.6. The topological polar surface area (TPSA) is 54.4 Å². The minimum atomic E-state index is -1.11. The summed E-state index contributed by atoms with van der Waals surface area (Å²) in [5.41, 5.74) is 0.527. The van der Waals surface area contributed by atoms with E-state index in [9.17, 15) is 14.7 Å². The van der Waals surface area contributed by atoms with Crippen LogP contribution in [0.5, 0.6) is 0 Å². The number of carbonyl (C=O) groups is 2. The average Bonchev–Trinajstić information content (AvgIpc) is 2.46. The van der Waals surface area contributed by atoms with Crippen molar-refractivity contribution in [3.8, 4) is 0 Å². The first-order valence-electron chi connectivity index (χ1n) is 6.72. The van der Waals surface area contributed by atoms with Crippen LogP contribution in [-0.4, -0.2) is 16.9 Å². The Hall–Kier alpha value is -2.68. The smallest absolute Gasteiger partial charge is 0.318 e. The number of carboxylic acids is 1. The fourth-order valence-corrected chi connectivity index (χ4v) is 2.75. The van der Waals surface area contributed by atoms with E-state index < -0.39 is 11.9 Å². The van der Waals surface area contributed by atoms with Crippen LogP contribution in [0.3, 0.4) is 0 Å². The Balaban J connectivity index is 2.30. The average molecular weight is 278 g/mol. The second-order valence-electron chi connectivity index (χ2n) is 5.15. The van der Waals surface area contributed by atoms with Crippen molar-refractivity contribution in [2.24, 2.45) is 0 Å². The molecule has 0 spiro atoms. The van der Waals surface area contributed by atoms with Gasteiger partial charge in [-0.1, -0.05) is 48.5 Å². The SMILES string of the molecule is CC(=O)C(C(=O)O)c1ccc2ccc3ccccc3c2c1. The first kappa shape index (κ1) is 13.3. The zero-order valence-electron chi connectivity index (χ0n) is 11.5. The predicted molar refractivity (Wildman–Crippen MR) is 82.5 cm³/mol. The van der Waals surface area contributed by atoms with E-state index in [1.54, 1.807) is 6.07 Å². The number of hydrogen-bond acceptors (Lipinski definition) is 2. The summed E-state index contributed by atoms with van der Waals surface area (Å²) in [5, 5.41) is 13.4. The van der Waals surface area contributed by atoms with E-state index >= 15 is 0 Å². The van der Waals surface area contributed by atoms with Crippen LogP contribution in [0.1, 0.15) is 18.4 Å². The Morgan fingerprint density at radius 1 is 0.905 bits per heavy atom. The normalized spacial score (nSPS) is 12.4. The third-order valence-corrected chi connectivity index (χ3v) is 3.76. The predicted octanol–water partition coefficient (Wildman–Crippen LogP) is 3.75. The van der Waals surface area contributed by atoms with Crippen molar-refractivity contribution in [2.45, 2.75) is 12.8 Å². The van der Waals surface area contributed by atoms with Crippen molar-refractivity contribution in [3.63, 3.8) is 0 Å². The minimum absolute atomic E-state index is 0.359. The number of hydrogen-bond donors (Lipinski definition) is 1. The fraction of sp³-hybridized carbons (Fsp3) is 0.111. The highest BCUT2D eigenvalue weighted by atomic mass is 16.4. The van der Waals surface area contributed by atoms with Crippen LogP contribution in [0, 0.1) is 0 Å². The van der Waals surface area contributed by atoms with Crippen molar-refractivity contribution in [3.05, 3.63) is 60.2 Å². The van der Waals surface area contributed by atoms with Crippen molar-refractivity contribution in [1.29, 1.82) is 0 Å². The van der Waals surface area contributed by atoms with Gasteiger partial charge in [0.2, 0.25) is 0 Å². The van der Waals surface area contributed by atoms with Crippen molar-refractivity contribution in [1.82, 2.24) is 0 Å². The van der Waals surface area contributed by atoms with E-state index in [1.165, 1.54) is 6.92 Å². The lowest BCUT2D eigenvalue weighted by Gasteiger charge is -2.11. The summed E-state index contributed by atoms with van der Waals surface area (Å²) < 4.78 is 0. The van der Waals surface area contributed by atoms with E-state index in [1.807, 2.05) is 48.5 Å². The van der Waals surface area contributed by atoms with Gasteiger partial charge in [0.1, 0.15) is 11.7 Å². The Labute approximate surface area is 121 Å². The fourth-order valence-electron chi connectivity index (χ4n) is 2.75. The molecule has 0 bridgehead atoms. The van der Waals surface area contributed by atoms with Gasteiger partial charge in [0.15, 0.2) is 0 Å². The van der Waals surface area contributed by atoms with Gasteiger partial charge in [-0.25, -0.2) is 0 Å². The number of benzene rings is 3. The number of fused-ring (bicyclic) bond motifs is 3. The molecule has 0 aliphatic heterocycles. The molecule has 1 atom stereocenters. The van der Waals surface area contributed by atoms with Gasteiger partial charge in [-0.05, 0) is 40.1 Å². The highest BCUT2D eigenvalue weighted by Crippen LogP contribution is 2.29. The Morgan fingerprint density at radius 3 is 2.19 bits per heavy atom. The third-order valence-electron chi connectivity index (χ3n) is 3.76. The number of carbonyl (C=O) groups excluding carboxylic acids is 1. The van der Waals surface area contributed by atoms with Crippen LogP contribution in [0.25, 0.3) is 21.5 Å². The van der Waals surface area contributed by atoms with Crippen LogP contribution >= 0.6 is 0 Å². The van der Waals surface area contributed by atoms with Crippen LogP contribution in [0.2, 0.25) is 0 Å². The molecule has 0 aliphatic rings. The zero-order valence-corrected chi connectivity index (χ0v) is 11.5. The van der Waals surface area contributed by atoms with Gasteiger partial charge in [0.25, 0.3) is 0 Å². The Kier molecular flexibility index (Phi) is 3.18. The summed E-state index contributed by atoms with van der Waals surface area (Å²) in [6, 6.07) is 17.4. The summed E-state index contributed by atoms with van der Waals surface area (Å²) in [6.07, 6.45) is 0. The molecule has 3 rings (SSSR count). The molecule has 1 unspecified atom stereocenters. The van der Waals surface area contributed by atoms with E-state index in [0.29, 0.717) is 5.56 Å². The number of ketones is 1. The van der Waals surface area contributed by atoms with Crippen LogP contribution < -0.4 is 0 Å². The highest BCUT2D eigenvalue weighted by molar-refractivity contribution is 6.09. The molecule has 0 aromatic heterocycles. The Bertz CT molecular complexity index is 851. The first-order chi connectivity index (χ1) is 10.1. The lowest BCUT2D eigenvalue weighted by molar-refractivity contribution is -0.142. The maximum absolute atomic E-state index is 11.6. The molecule has 21 heavy (non-hydrogen) atoms. The van der Waals surface area contributed by atoms with Gasteiger partial charge in [-0.3, -0.25) is 9.59 Å². The standard InChI is InChI=1S/C18H14O3/c1-11(19)17(18(20)21)14-9-8-13-7-6-12-4-2-3-5-15(12)16(13)10-14/h2-10,17H,1H3,(H,20,21). The van der Waals surface area contributed by atoms with E-state index in [4.69, 9.17) is 0 Å². The van der Waals surface area contributed by atoms with Crippen molar-refractivity contribution < 1.29 is 14.7 Å². The van der Waals surface area contributed by atoms with Crippen LogP contribution in [0.15, 0.2) is 54.6 Å². The number of Topliss-reactive ketones (excluding diaryl/α,β-unsaturated/α-hetero) is 1. The van der Waals surface area contributed by atoms with E-state index in [2.05, 4.69) is 0 Å². The lowest BCUT2D eigenvalue weighted by Crippen LogP contribution is -2.19. The monoisotopic (exact) mass is 278 g/mol. The number of carboxylic acid groups (broad SMARTS) is 1. The number of aliphatic carboxylic acids is 1. The first-order valence-corrected chi connectivity index (χ1v) is 6.72. The van der Waals surface area contributed by atoms with Crippen molar-refractivity contribution in [2.75, 3.05) is 0 Å². The molecule has 0 heterocycles. The molecule has 0 aliphatic carbocycles. The molecular formula is C18H14O3. The van der Waals surface area contributed by atoms with Crippen molar-refractivity contribution >= 4 is 33.3 Å². The maximum Gasteiger partial charge on any atom is 0.318 e. The Morgan fingerprint density at radius 2 is 1.52 bits per heavy atom. The molecule has 0 radical (unpaired) electrons. The lowest BCUT2D eigenvalue weighted by atomic mass is 9.92. The summed E-state index contributed by atoms with van der Waals surface area (Å²) in [6.45, 7) is 1.31. The second kappa shape index (κ2) is 5.02. The summed E-state index contributed by atoms with van der Waals surface area (Å²) >= 11 is 0. The molecule has 0 fully saturated rings. The summed E-state index contributed by atoms with van der Waals surface area (Å²) in [7, 11) is 0. The molecule has 104 valence electrons. The summed E-state index contributed by atoms with van der Waals surface area (Å²) in [4.78, 5) is 22.9. The molecule has 1 N–H and O–H groups in total. The van der Waals surface area contributed by atoms with Gasteiger partial charge in [-0.15, -0.1) is 0 Å². The van der Waals surface area contributed by atoms with Crippen LogP contribution in [0.4, 0.5) is 0 Å². The molecule has 3 aromatic carbocycles. The van der Waals surface area contributed by atoms with E-state index in [0.717, 1.165) is 21.5 Å². The number of rotatable bonds is 3. The molecule has 0 amide bonds. The molecule has 3 nitrogen and oxygen atoms in total. The molecular weight excluding hydrogens is 264 g/mol. The molecule has 3 heteroatoms. The molecule has 3 aromatic rings. The largest absolute Gasteiger partial charge is 0.480 e. The van der Waals surface area contributed by atoms with Gasteiger partial charge in [-0.2, -0.15) is 0 Å². The van der Waals surface area contributed by atoms with Gasteiger partial charge >= 0.3 is 5.97 Å². The molecule has 0 saturated heterocycles. The van der Waals surface area contributed by atoms with Gasteiger partial charge < -0.3 is 5.11 Å². The third kappa shape index (κ3) is 2.27. The van der Waals surface area contributed by atoms with Crippen LogP contribution in [-0.2, 0) is 9.59 Å². The zero-order chi connectivity index (χ0) is 15.0. The summed E-state index contributed by atoms with van der Waals surface area (Å²) in [5.74, 6) is -2.57. The van der Waals surface area contributed by atoms with Gasteiger partial charge in [0, 0.05) is 0 Å². The van der Waals surface area contributed by atoms with Gasteiger partial charge in [0.05, 0.1) is 0 Å². The minimum Gasteiger partial charge on any atom is -0.480 e.